The van der Waals surface area contributed by atoms with E-state index in [2.05, 4.69) is 10.6 Å². The number of urea groups is 1. The summed E-state index contributed by atoms with van der Waals surface area (Å²) in [5, 5.41) is 5.83. The highest BCUT2D eigenvalue weighted by atomic mass is 35.5. The first-order valence-electron chi connectivity index (χ1n) is 10.3. The van der Waals surface area contributed by atoms with Gasteiger partial charge in [0.2, 0.25) is 10.0 Å². The van der Waals surface area contributed by atoms with Crippen molar-refractivity contribution in [1.29, 1.82) is 0 Å². The smallest absolute Gasteiger partial charge is 0.323 e. The zero-order valence-corrected chi connectivity index (χ0v) is 20.0. The van der Waals surface area contributed by atoms with Gasteiger partial charge < -0.3 is 16.4 Å². The molecule has 0 radical (unpaired) electrons. The van der Waals surface area contributed by atoms with Crippen LogP contribution in [0.4, 0.5) is 10.5 Å². The average Bonchev–Trinajstić information content (AvgIpc) is 2.79. The summed E-state index contributed by atoms with van der Waals surface area (Å²) in [6.45, 7) is 0.604. The molecule has 1 aliphatic heterocycles. The monoisotopic (exact) mass is 513 g/mol. The van der Waals surface area contributed by atoms with E-state index in [1.807, 2.05) is 0 Å². The molecule has 0 bridgehead atoms. The van der Waals surface area contributed by atoms with Crippen LogP contribution in [0.3, 0.4) is 0 Å². The molecular weight excluding hydrogens is 489 g/mol. The Bertz CT molecular complexity index is 1100. The molecule has 0 aliphatic carbocycles. The first-order chi connectivity index (χ1) is 15.7. The molecule has 2 aromatic rings. The quantitative estimate of drug-likeness (QED) is 0.524. The molecule has 12 heteroatoms. The average molecular weight is 514 g/mol. The fraction of sp³-hybridized carbons (Fsp3) is 0.333. The van der Waals surface area contributed by atoms with Crippen LogP contribution in [0.1, 0.15) is 12.0 Å². The standard InChI is InChI=1S/C21H25Cl2N5O4S/c22-17-8-7-16(13-18(17)23)26-21(30)27-11-4-12-28(20(27)19(29)25-10-9-24)33(31,32)14-15-5-2-1-3-6-15/h1-3,5-8,13,20H,4,9-12,14,24H2,(H,25,29)(H,26,30). The number of carbonyl (C=O) groups is 2. The second kappa shape index (κ2) is 11.2. The first-order valence-corrected chi connectivity index (χ1v) is 12.6. The number of nitrogens with zero attached hydrogens (tertiary/aromatic N) is 2. The molecule has 1 heterocycles. The second-order valence-electron chi connectivity index (χ2n) is 7.41. The van der Waals surface area contributed by atoms with Crippen molar-refractivity contribution >= 4 is 50.9 Å². The molecule has 3 amide bonds. The number of rotatable bonds is 7. The van der Waals surface area contributed by atoms with Gasteiger partial charge in [0.25, 0.3) is 5.91 Å². The molecule has 3 rings (SSSR count). The number of benzene rings is 2. The Morgan fingerprint density at radius 1 is 1.06 bits per heavy atom. The molecule has 33 heavy (non-hydrogen) atoms. The Labute approximate surface area is 202 Å². The molecule has 4 N–H and O–H groups in total. The van der Waals surface area contributed by atoms with Crippen LogP contribution in [0.5, 0.6) is 0 Å². The molecule has 1 saturated heterocycles. The van der Waals surface area contributed by atoms with Crippen LogP contribution >= 0.6 is 23.2 Å². The molecular formula is C21H25Cl2N5O4S. The van der Waals surface area contributed by atoms with Crippen molar-refractivity contribution in [2.45, 2.75) is 18.3 Å². The van der Waals surface area contributed by atoms with E-state index in [-0.39, 0.29) is 37.0 Å². The van der Waals surface area contributed by atoms with Crippen molar-refractivity contribution < 1.29 is 18.0 Å². The fourth-order valence-corrected chi connectivity index (χ4v) is 5.50. The highest BCUT2D eigenvalue weighted by molar-refractivity contribution is 7.88. The summed E-state index contributed by atoms with van der Waals surface area (Å²) in [6.07, 6.45) is -0.995. The van der Waals surface area contributed by atoms with Crippen LogP contribution in [0.15, 0.2) is 48.5 Å². The van der Waals surface area contributed by atoms with Gasteiger partial charge in [-0.2, -0.15) is 4.31 Å². The molecule has 0 saturated carbocycles. The second-order valence-corrected chi connectivity index (χ2v) is 10.1. The largest absolute Gasteiger partial charge is 0.352 e. The van der Waals surface area contributed by atoms with Crippen molar-refractivity contribution in [3.8, 4) is 0 Å². The fourth-order valence-electron chi connectivity index (χ4n) is 3.50. The van der Waals surface area contributed by atoms with Crippen LogP contribution in [0.2, 0.25) is 10.0 Å². The third-order valence-corrected chi connectivity index (χ3v) is 7.54. The number of halogens is 2. The van der Waals surface area contributed by atoms with Crippen LogP contribution in [-0.4, -0.2) is 61.9 Å². The zero-order valence-electron chi connectivity index (χ0n) is 17.7. The van der Waals surface area contributed by atoms with Crippen LogP contribution in [0, 0.1) is 0 Å². The van der Waals surface area contributed by atoms with E-state index in [1.165, 1.54) is 17.0 Å². The lowest BCUT2D eigenvalue weighted by atomic mass is 10.2. The minimum atomic E-state index is -3.93. The Kier molecular flexibility index (Phi) is 8.55. The molecule has 1 fully saturated rings. The summed E-state index contributed by atoms with van der Waals surface area (Å²) >= 11 is 11.9. The van der Waals surface area contributed by atoms with Gasteiger partial charge in [-0.15, -0.1) is 0 Å². The van der Waals surface area contributed by atoms with Gasteiger partial charge in [-0.25, -0.2) is 13.2 Å². The third kappa shape index (κ3) is 6.36. The van der Waals surface area contributed by atoms with Crippen LogP contribution in [0.25, 0.3) is 0 Å². The number of anilines is 1. The van der Waals surface area contributed by atoms with Gasteiger partial charge in [0.05, 0.1) is 15.8 Å². The summed E-state index contributed by atoms with van der Waals surface area (Å²) in [4.78, 5) is 27.3. The summed E-state index contributed by atoms with van der Waals surface area (Å²) in [5.41, 5.74) is 6.43. The van der Waals surface area contributed by atoms with E-state index in [0.717, 1.165) is 4.31 Å². The molecule has 0 spiro atoms. The number of amides is 3. The van der Waals surface area contributed by atoms with Gasteiger partial charge >= 0.3 is 6.03 Å². The van der Waals surface area contributed by atoms with Crippen molar-refractivity contribution in [3.05, 3.63) is 64.1 Å². The Hall–Kier alpha value is -2.37. The number of sulfonamides is 1. The Morgan fingerprint density at radius 2 is 1.79 bits per heavy atom. The van der Waals surface area contributed by atoms with Gasteiger partial charge in [0.1, 0.15) is 0 Å². The third-order valence-electron chi connectivity index (χ3n) is 5.00. The van der Waals surface area contributed by atoms with Crippen LogP contribution < -0.4 is 16.4 Å². The first kappa shape index (κ1) is 25.3. The van der Waals surface area contributed by atoms with E-state index in [4.69, 9.17) is 28.9 Å². The Morgan fingerprint density at radius 3 is 2.45 bits per heavy atom. The van der Waals surface area contributed by atoms with Crippen molar-refractivity contribution in [2.24, 2.45) is 5.73 Å². The van der Waals surface area contributed by atoms with Crippen LogP contribution in [-0.2, 0) is 20.6 Å². The molecule has 0 aromatic heterocycles. The number of hydrogen-bond donors (Lipinski definition) is 3. The minimum absolute atomic E-state index is 0.104. The lowest BCUT2D eigenvalue weighted by Gasteiger charge is -2.41. The number of nitrogens with two attached hydrogens (primary N) is 1. The minimum Gasteiger partial charge on any atom is -0.352 e. The van der Waals surface area contributed by atoms with Gasteiger partial charge in [-0.1, -0.05) is 53.5 Å². The molecule has 1 aliphatic rings. The van der Waals surface area contributed by atoms with E-state index >= 15 is 0 Å². The highest BCUT2D eigenvalue weighted by Gasteiger charge is 2.43. The van der Waals surface area contributed by atoms with E-state index in [9.17, 15) is 18.0 Å². The zero-order chi connectivity index (χ0) is 24.0. The summed E-state index contributed by atoms with van der Waals surface area (Å²) in [6, 6.07) is 12.6. The topological polar surface area (TPSA) is 125 Å². The molecule has 1 atom stereocenters. The van der Waals surface area contributed by atoms with Crippen molar-refractivity contribution in [1.82, 2.24) is 14.5 Å². The van der Waals surface area contributed by atoms with E-state index in [1.54, 1.807) is 36.4 Å². The highest BCUT2D eigenvalue weighted by Crippen LogP contribution is 2.26. The van der Waals surface area contributed by atoms with Gasteiger partial charge in [-0.3, -0.25) is 9.69 Å². The Balaban J connectivity index is 1.88. The predicted molar refractivity (Wildman–Crippen MR) is 128 cm³/mol. The lowest BCUT2D eigenvalue weighted by molar-refractivity contribution is -0.130. The molecule has 9 nitrogen and oxygen atoms in total. The van der Waals surface area contributed by atoms with E-state index < -0.39 is 28.1 Å². The van der Waals surface area contributed by atoms with Crippen molar-refractivity contribution in [3.63, 3.8) is 0 Å². The maximum Gasteiger partial charge on any atom is 0.323 e. The normalized spacial score (nSPS) is 16.9. The van der Waals surface area contributed by atoms with Gasteiger partial charge in [0.15, 0.2) is 6.17 Å². The predicted octanol–water partition coefficient (Wildman–Crippen LogP) is 2.46. The molecule has 2 aromatic carbocycles. The lowest BCUT2D eigenvalue weighted by Crippen LogP contribution is -2.64. The number of hydrogen-bond acceptors (Lipinski definition) is 5. The summed E-state index contributed by atoms with van der Waals surface area (Å²) < 4.78 is 27.6. The maximum absolute atomic E-state index is 13.3. The molecule has 178 valence electrons. The van der Waals surface area contributed by atoms with Gasteiger partial charge in [0, 0.05) is 31.9 Å². The van der Waals surface area contributed by atoms with Gasteiger partial charge in [-0.05, 0) is 30.2 Å². The van der Waals surface area contributed by atoms with Crippen molar-refractivity contribution in [2.75, 3.05) is 31.5 Å². The number of nitrogens with one attached hydrogen (secondary N) is 2. The summed E-state index contributed by atoms with van der Waals surface area (Å²) in [7, 11) is -3.93. The SMILES string of the molecule is NCCNC(=O)C1N(C(=O)Nc2ccc(Cl)c(Cl)c2)CCCN1S(=O)(=O)Cc1ccccc1. The molecule has 1 unspecified atom stereocenters. The number of carbonyl (C=O) groups excluding carboxylic acids is 2. The summed E-state index contributed by atoms with van der Waals surface area (Å²) in [5.74, 6) is -0.919. The maximum atomic E-state index is 13.3. The van der Waals surface area contributed by atoms with E-state index in [0.29, 0.717) is 22.7 Å².